The van der Waals surface area contributed by atoms with Crippen molar-refractivity contribution in [3.8, 4) is 0 Å². The molecule has 0 fully saturated rings. The first-order chi connectivity index (χ1) is 7.27. The zero-order valence-corrected chi connectivity index (χ0v) is 10.8. The molecule has 0 saturated carbocycles. The second-order valence-electron chi connectivity index (χ2n) is 2.96. The minimum atomic E-state index is -0.165. The number of halogens is 2. The van der Waals surface area contributed by atoms with Crippen LogP contribution in [0.1, 0.15) is 0 Å². The van der Waals surface area contributed by atoms with Crippen molar-refractivity contribution in [3.63, 3.8) is 0 Å². The summed E-state index contributed by atoms with van der Waals surface area (Å²) in [5.41, 5.74) is 0. The van der Waals surface area contributed by atoms with Gasteiger partial charge in [-0.1, -0.05) is 36.0 Å². The van der Waals surface area contributed by atoms with E-state index in [-0.39, 0.29) is 5.82 Å². The Kier molecular flexibility index (Phi) is 3.64. The summed E-state index contributed by atoms with van der Waals surface area (Å²) >= 11 is 3.71. The number of hydrogen-bond acceptors (Lipinski definition) is 1. The van der Waals surface area contributed by atoms with Gasteiger partial charge in [0.05, 0.1) is 0 Å². The van der Waals surface area contributed by atoms with Crippen molar-refractivity contribution in [1.29, 1.82) is 0 Å². The van der Waals surface area contributed by atoms with Crippen LogP contribution in [0.2, 0.25) is 0 Å². The maximum Gasteiger partial charge on any atom is 0.137 e. The summed E-state index contributed by atoms with van der Waals surface area (Å²) in [7, 11) is 0. The second kappa shape index (κ2) is 4.99. The molecule has 0 heterocycles. The first kappa shape index (κ1) is 11.0. The lowest BCUT2D eigenvalue weighted by Crippen LogP contribution is -1.82. The van der Waals surface area contributed by atoms with E-state index in [9.17, 15) is 4.39 Å². The predicted octanol–water partition coefficient (Wildman–Crippen LogP) is 4.58. The van der Waals surface area contributed by atoms with Gasteiger partial charge in [-0.15, -0.1) is 0 Å². The molecule has 0 aromatic heterocycles. The standard InChI is InChI=1S/C12H8FIS/c13-9-5-1-3-7-11(9)15-12-8-4-2-6-10(12)14/h1-8H. The fourth-order valence-corrected chi connectivity index (χ4v) is 2.75. The zero-order valence-electron chi connectivity index (χ0n) is 7.78. The molecule has 0 aliphatic rings. The molecule has 2 aromatic rings. The smallest absolute Gasteiger partial charge is 0.137 e. The molecule has 0 bridgehead atoms. The lowest BCUT2D eigenvalue weighted by molar-refractivity contribution is 0.602. The normalized spacial score (nSPS) is 10.3. The quantitative estimate of drug-likeness (QED) is 0.726. The monoisotopic (exact) mass is 330 g/mol. The Bertz CT molecular complexity index is 427. The minimum absolute atomic E-state index is 0.165. The van der Waals surface area contributed by atoms with Crippen molar-refractivity contribution in [3.05, 3.63) is 57.9 Å². The highest BCUT2D eigenvalue weighted by Gasteiger charge is 2.04. The summed E-state index contributed by atoms with van der Waals surface area (Å²) in [6.45, 7) is 0. The Morgan fingerprint density at radius 3 is 2.13 bits per heavy atom. The summed E-state index contributed by atoms with van der Waals surface area (Å²) in [6, 6.07) is 14.8. The van der Waals surface area contributed by atoms with Crippen LogP contribution < -0.4 is 0 Å². The molecule has 0 radical (unpaired) electrons. The summed E-state index contributed by atoms with van der Waals surface area (Å²) in [4.78, 5) is 1.75. The molecular formula is C12H8FIS. The molecule has 0 aliphatic heterocycles. The van der Waals surface area contributed by atoms with Crippen molar-refractivity contribution >= 4 is 34.4 Å². The summed E-state index contributed by atoms with van der Waals surface area (Å²) in [6.07, 6.45) is 0. The molecule has 2 aromatic carbocycles. The van der Waals surface area contributed by atoms with E-state index in [4.69, 9.17) is 0 Å². The van der Waals surface area contributed by atoms with Crippen LogP contribution in [-0.2, 0) is 0 Å². The van der Waals surface area contributed by atoms with Gasteiger partial charge in [0.15, 0.2) is 0 Å². The largest absolute Gasteiger partial charge is 0.206 e. The third-order valence-electron chi connectivity index (χ3n) is 1.89. The van der Waals surface area contributed by atoms with Gasteiger partial charge in [-0.25, -0.2) is 4.39 Å². The Hall–Kier alpha value is -0.550. The van der Waals surface area contributed by atoms with E-state index in [0.717, 1.165) is 8.47 Å². The zero-order chi connectivity index (χ0) is 10.7. The topological polar surface area (TPSA) is 0 Å². The molecular weight excluding hydrogens is 322 g/mol. The number of rotatable bonds is 2. The molecule has 3 heteroatoms. The first-order valence-electron chi connectivity index (χ1n) is 4.44. The van der Waals surface area contributed by atoms with Crippen molar-refractivity contribution in [2.45, 2.75) is 9.79 Å². The van der Waals surface area contributed by atoms with Crippen LogP contribution in [0.3, 0.4) is 0 Å². The van der Waals surface area contributed by atoms with Crippen molar-refractivity contribution < 1.29 is 4.39 Å². The minimum Gasteiger partial charge on any atom is -0.206 e. The number of hydrogen-bond donors (Lipinski definition) is 0. The highest BCUT2D eigenvalue weighted by Crippen LogP contribution is 2.32. The molecule has 2 rings (SSSR count). The average molecular weight is 330 g/mol. The van der Waals surface area contributed by atoms with Gasteiger partial charge in [0, 0.05) is 13.4 Å². The van der Waals surface area contributed by atoms with Gasteiger partial charge in [-0.05, 0) is 46.9 Å². The maximum absolute atomic E-state index is 13.4. The molecule has 0 nitrogen and oxygen atoms in total. The van der Waals surface area contributed by atoms with E-state index in [1.165, 1.54) is 17.8 Å². The molecule has 0 N–H and O–H groups in total. The maximum atomic E-state index is 13.4. The average Bonchev–Trinajstić information content (AvgIpc) is 2.24. The molecule has 0 aliphatic carbocycles. The van der Waals surface area contributed by atoms with Crippen LogP contribution >= 0.6 is 34.4 Å². The molecule has 0 saturated heterocycles. The predicted molar refractivity (Wildman–Crippen MR) is 69.7 cm³/mol. The molecule has 0 unspecified atom stereocenters. The Labute approximate surface area is 106 Å². The van der Waals surface area contributed by atoms with Crippen LogP contribution in [0.25, 0.3) is 0 Å². The van der Waals surface area contributed by atoms with Crippen molar-refractivity contribution in [2.75, 3.05) is 0 Å². The number of benzene rings is 2. The SMILES string of the molecule is Fc1ccccc1Sc1ccccc1I. The fourth-order valence-electron chi connectivity index (χ4n) is 1.17. The van der Waals surface area contributed by atoms with Gasteiger partial charge in [-0.2, -0.15) is 0 Å². The third kappa shape index (κ3) is 2.72. The lowest BCUT2D eigenvalue weighted by atomic mass is 10.3. The highest BCUT2D eigenvalue weighted by atomic mass is 127. The molecule has 0 spiro atoms. The van der Waals surface area contributed by atoms with Gasteiger partial charge in [0.2, 0.25) is 0 Å². The van der Waals surface area contributed by atoms with E-state index < -0.39 is 0 Å². The van der Waals surface area contributed by atoms with Gasteiger partial charge in [0.1, 0.15) is 5.82 Å². The highest BCUT2D eigenvalue weighted by molar-refractivity contribution is 14.1. The summed E-state index contributed by atoms with van der Waals surface area (Å²) in [5, 5.41) is 0. The van der Waals surface area contributed by atoms with E-state index in [1.807, 2.05) is 30.3 Å². The summed E-state index contributed by atoms with van der Waals surface area (Å²) in [5.74, 6) is -0.165. The van der Waals surface area contributed by atoms with Gasteiger partial charge in [0.25, 0.3) is 0 Å². The lowest BCUT2D eigenvalue weighted by Gasteiger charge is -2.04. The van der Waals surface area contributed by atoms with E-state index in [1.54, 1.807) is 12.1 Å². The van der Waals surface area contributed by atoms with Crippen molar-refractivity contribution in [1.82, 2.24) is 0 Å². The Morgan fingerprint density at radius 2 is 1.47 bits per heavy atom. The van der Waals surface area contributed by atoms with E-state index in [2.05, 4.69) is 22.6 Å². The van der Waals surface area contributed by atoms with Crippen LogP contribution in [0, 0.1) is 9.39 Å². The first-order valence-corrected chi connectivity index (χ1v) is 6.34. The third-order valence-corrected chi connectivity index (χ3v) is 4.33. The second-order valence-corrected chi connectivity index (χ2v) is 5.21. The van der Waals surface area contributed by atoms with E-state index >= 15 is 0 Å². The van der Waals surface area contributed by atoms with E-state index in [0.29, 0.717) is 4.90 Å². The molecule has 15 heavy (non-hydrogen) atoms. The molecule has 0 amide bonds. The fraction of sp³-hybridized carbons (Fsp3) is 0. The van der Waals surface area contributed by atoms with Gasteiger partial charge < -0.3 is 0 Å². The van der Waals surface area contributed by atoms with Crippen LogP contribution in [-0.4, -0.2) is 0 Å². The Balaban J connectivity index is 2.30. The summed E-state index contributed by atoms with van der Waals surface area (Å²) < 4.78 is 14.5. The Morgan fingerprint density at radius 1 is 0.867 bits per heavy atom. The van der Waals surface area contributed by atoms with Crippen LogP contribution in [0.5, 0.6) is 0 Å². The molecule has 0 atom stereocenters. The van der Waals surface area contributed by atoms with Gasteiger partial charge in [-0.3, -0.25) is 0 Å². The van der Waals surface area contributed by atoms with Crippen LogP contribution in [0.4, 0.5) is 4.39 Å². The molecule has 76 valence electrons. The van der Waals surface area contributed by atoms with Crippen LogP contribution in [0.15, 0.2) is 58.3 Å². The van der Waals surface area contributed by atoms with Crippen molar-refractivity contribution in [2.24, 2.45) is 0 Å². The van der Waals surface area contributed by atoms with Gasteiger partial charge >= 0.3 is 0 Å².